The van der Waals surface area contributed by atoms with Gasteiger partial charge in [0.25, 0.3) is 0 Å². The van der Waals surface area contributed by atoms with E-state index in [1.807, 2.05) is 0 Å². The molecule has 1 unspecified atom stereocenters. The monoisotopic (exact) mass is 174 g/mol. The summed E-state index contributed by atoms with van der Waals surface area (Å²) in [6.45, 7) is 7.49. The summed E-state index contributed by atoms with van der Waals surface area (Å²) in [5.74, 6) is 0.684. The van der Waals surface area contributed by atoms with E-state index in [1.165, 1.54) is 0 Å². The molecular weight excluding hydrogens is 156 g/mol. The molecule has 0 rings (SSSR count). The summed E-state index contributed by atoms with van der Waals surface area (Å²) >= 11 is 4.79. The van der Waals surface area contributed by atoms with Gasteiger partial charge in [-0.15, -0.1) is 0 Å². The van der Waals surface area contributed by atoms with Gasteiger partial charge in [-0.3, -0.25) is 0 Å². The van der Waals surface area contributed by atoms with E-state index in [4.69, 9.17) is 18.0 Å². The summed E-state index contributed by atoms with van der Waals surface area (Å²) in [7, 11) is 0. The molecule has 0 aliphatic carbocycles. The SMILES string of the molecule is CC(C)CNC(C)CC(N)=S. The van der Waals surface area contributed by atoms with Crippen molar-refractivity contribution < 1.29 is 0 Å². The van der Waals surface area contributed by atoms with Gasteiger partial charge < -0.3 is 11.1 Å². The van der Waals surface area contributed by atoms with Crippen molar-refractivity contribution in [2.24, 2.45) is 11.7 Å². The van der Waals surface area contributed by atoms with E-state index in [0.29, 0.717) is 16.9 Å². The van der Waals surface area contributed by atoms with Crippen LogP contribution in [0.15, 0.2) is 0 Å². The molecule has 0 aromatic carbocycles. The van der Waals surface area contributed by atoms with Crippen LogP contribution >= 0.6 is 12.2 Å². The van der Waals surface area contributed by atoms with Gasteiger partial charge in [-0.25, -0.2) is 0 Å². The van der Waals surface area contributed by atoms with Crippen molar-refractivity contribution in [1.29, 1.82) is 0 Å². The second kappa shape index (κ2) is 5.49. The van der Waals surface area contributed by atoms with E-state index in [1.54, 1.807) is 0 Å². The van der Waals surface area contributed by atoms with Crippen molar-refractivity contribution >= 4 is 17.2 Å². The number of nitrogens with two attached hydrogens (primary N) is 1. The molecule has 0 amide bonds. The topological polar surface area (TPSA) is 38.0 Å². The summed E-state index contributed by atoms with van der Waals surface area (Å²) < 4.78 is 0. The van der Waals surface area contributed by atoms with Crippen LogP contribution in [0.2, 0.25) is 0 Å². The molecule has 0 spiro atoms. The zero-order valence-electron chi connectivity index (χ0n) is 7.55. The number of nitrogens with one attached hydrogen (secondary N) is 1. The first-order valence-electron chi connectivity index (χ1n) is 4.04. The van der Waals surface area contributed by atoms with Gasteiger partial charge in [-0.2, -0.15) is 0 Å². The van der Waals surface area contributed by atoms with Crippen LogP contribution in [0, 0.1) is 5.92 Å². The van der Waals surface area contributed by atoms with Crippen molar-refractivity contribution in [2.75, 3.05) is 6.54 Å². The van der Waals surface area contributed by atoms with Crippen molar-refractivity contribution in [1.82, 2.24) is 5.32 Å². The van der Waals surface area contributed by atoms with Gasteiger partial charge in [0, 0.05) is 12.5 Å². The Morgan fingerprint density at radius 1 is 1.45 bits per heavy atom. The maximum absolute atomic E-state index is 5.39. The molecule has 0 bridgehead atoms. The third-order valence-electron chi connectivity index (χ3n) is 1.38. The Morgan fingerprint density at radius 2 is 2.00 bits per heavy atom. The smallest absolute Gasteiger partial charge is 0.0742 e. The van der Waals surface area contributed by atoms with Gasteiger partial charge in [0.1, 0.15) is 0 Å². The van der Waals surface area contributed by atoms with E-state index < -0.39 is 0 Å². The van der Waals surface area contributed by atoms with Crippen molar-refractivity contribution in [2.45, 2.75) is 33.2 Å². The molecule has 3 heteroatoms. The maximum atomic E-state index is 5.39. The Morgan fingerprint density at radius 3 is 2.36 bits per heavy atom. The molecule has 0 saturated carbocycles. The van der Waals surface area contributed by atoms with Crippen LogP contribution in [-0.4, -0.2) is 17.6 Å². The Hall–Kier alpha value is -0.150. The van der Waals surface area contributed by atoms with E-state index in [2.05, 4.69) is 26.1 Å². The summed E-state index contributed by atoms with van der Waals surface area (Å²) in [6, 6.07) is 0.412. The molecule has 0 aromatic rings. The number of thiocarbonyl (C=S) groups is 1. The fourth-order valence-electron chi connectivity index (χ4n) is 0.811. The predicted molar refractivity (Wildman–Crippen MR) is 53.7 cm³/mol. The minimum atomic E-state index is 0.412. The van der Waals surface area contributed by atoms with Gasteiger partial charge >= 0.3 is 0 Å². The lowest BCUT2D eigenvalue weighted by atomic mass is 10.2. The minimum Gasteiger partial charge on any atom is -0.393 e. The molecule has 66 valence electrons. The summed E-state index contributed by atoms with van der Waals surface area (Å²) in [6.07, 6.45) is 0.794. The van der Waals surface area contributed by atoms with Crippen molar-refractivity contribution in [3.05, 3.63) is 0 Å². The lowest BCUT2D eigenvalue weighted by Gasteiger charge is -2.14. The van der Waals surface area contributed by atoms with Crippen LogP contribution in [0.5, 0.6) is 0 Å². The number of rotatable bonds is 5. The molecule has 0 aromatic heterocycles. The van der Waals surface area contributed by atoms with Gasteiger partial charge in [-0.05, 0) is 19.4 Å². The van der Waals surface area contributed by atoms with Crippen LogP contribution < -0.4 is 11.1 Å². The first-order valence-corrected chi connectivity index (χ1v) is 4.45. The van der Waals surface area contributed by atoms with E-state index in [0.717, 1.165) is 13.0 Å². The molecule has 0 heterocycles. The molecule has 0 radical (unpaired) electrons. The van der Waals surface area contributed by atoms with E-state index in [9.17, 15) is 0 Å². The molecule has 2 nitrogen and oxygen atoms in total. The minimum absolute atomic E-state index is 0.412. The fraction of sp³-hybridized carbons (Fsp3) is 0.875. The third kappa shape index (κ3) is 7.75. The average molecular weight is 174 g/mol. The van der Waals surface area contributed by atoms with Gasteiger partial charge in [0.15, 0.2) is 0 Å². The molecule has 0 fully saturated rings. The van der Waals surface area contributed by atoms with Crippen LogP contribution in [0.25, 0.3) is 0 Å². The highest BCUT2D eigenvalue weighted by molar-refractivity contribution is 7.80. The lowest BCUT2D eigenvalue weighted by Crippen LogP contribution is -2.32. The molecule has 0 aliphatic heterocycles. The highest BCUT2D eigenvalue weighted by Crippen LogP contribution is 1.93. The zero-order chi connectivity index (χ0) is 8.85. The number of hydrogen-bond acceptors (Lipinski definition) is 2. The third-order valence-corrected chi connectivity index (χ3v) is 1.55. The Bertz CT molecular complexity index is 123. The van der Waals surface area contributed by atoms with Crippen molar-refractivity contribution in [3.63, 3.8) is 0 Å². The van der Waals surface area contributed by atoms with Crippen molar-refractivity contribution in [3.8, 4) is 0 Å². The Balaban J connectivity index is 3.37. The van der Waals surface area contributed by atoms with Crippen LogP contribution in [-0.2, 0) is 0 Å². The maximum Gasteiger partial charge on any atom is 0.0742 e. The van der Waals surface area contributed by atoms with Gasteiger partial charge in [-0.1, -0.05) is 26.1 Å². The van der Waals surface area contributed by atoms with Gasteiger partial charge in [0.2, 0.25) is 0 Å². The average Bonchev–Trinajstić information content (AvgIpc) is 1.82. The Labute approximate surface area is 74.5 Å². The second-order valence-corrected chi connectivity index (χ2v) is 3.90. The molecule has 1 atom stereocenters. The molecule has 3 N–H and O–H groups in total. The molecule has 0 aliphatic rings. The van der Waals surface area contributed by atoms with Crippen LogP contribution in [0.3, 0.4) is 0 Å². The van der Waals surface area contributed by atoms with Crippen LogP contribution in [0.4, 0.5) is 0 Å². The predicted octanol–water partition coefficient (Wildman–Crippen LogP) is 1.30. The Kier molecular flexibility index (Phi) is 5.42. The first kappa shape index (κ1) is 10.8. The fourth-order valence-corrected chi connectivity index (χ4v) is 1.06. The highest BCUT2D eigenvalue weighted by Gasteiger charge is 2.02. The summed E-state index contributed by atoms with van der Waals surface area (Å²) in [5, 5.41) is 3.35. The van der Waals surface area contributed by atoms with E-state index >= 15 is 0 Å². The zero-order valence-corrected chi connectivity index (χ0v) is 8.37. The molecule has 0 saturated heterocycles. The summed E-state index contributed by atoms with van der Waals surface area (Å²) in [5.41, 5.74) is 5.39. The quantitative estimate of drug-likeness (QED) is 0.617. The molecule has 11 heavy (non-hydrogen) atoms. The van der Waals surface area contributed by atoms with Crippen LogP contribution in [0.1, 0.15) is 27.2 Å². The summed E-state index contributed by atoms with van der Waals surface area (Å²) in [4.78, 5) is 0.591. The second-order valence-electron chi connectivity index (χ2n) is 3.37. The highest BCUT2D eigenvalue weighted by atomic mass is 32.1. The normalized spacial score (nSPS) is 13.5. The standard InChI is InChI=1S/C8H18N2S/c1-6(2)5-10-7(3)4-8(9)11/h6-7,10H,4-5H2,1-3H3,(H2,9,11). The molecular formula is C8H18N2S. The van der Waals surface area contributed by atoms with Gasteiger partial charge in [0.05, 0.1) is 4.99 Å². The lowest BCUT2D eigenvalue weighted by molar-refractivity contribution is 0.492. The first-order chi connectivity index (χ1) is 5.02. The number of hydrogen-bond donors (Lipinski definition) is 2. The van der Waals surface area contributed by atoms with E-state index in [-0.39, 0.29) is 0 Å². The largest absolute Gasteiger partial charge is 0.393 e.